The zero-order chi connectivity index (χ0) is 22.7. The van der Waals surface area contributed by atoms with Gasteiger partial charge >= 0.3 is 0 Å². The summed E-state index contributed by atoms with van der Waals surface area (Å²) in [5, 5.41) is 4.30. The molecule has 0 N–H and O–H groups in total. The molecule has 3 aromatic carbocycles. The van der Waals surface area contributed by atoms with Crippen molar-refractivity contribution in [2.45, 2.75) is 27.4 Å². The predicted octanol–water partition coefficient (Wildman–Crippen LogP) is 6.98. The van der Waals surface area contributed by atoms with Crippen LogP contribution in [0.1, 0.15) is 29.3 Å². The van der Waals surface area contributed by atoms with Gasteiger partial charge in [0.1, 0.15) is 18.2 Å². The zero-order valence-corrected chi connectivity index (χ0v) is 18.3. The third-order valence-corrected chi connectivity index (χ3v) is 5.42. The molecule has 0 radical (unpaired) electrons. The van der Waals surface area contributed by atoms with Gasteiger partial charge in [0.05, 0.1) is 17.1 Å². The number of oxime groups is 1. The molecule has 0 unspecified atom stereocenters. The highest BCUT2D eigenvalue weighted by molar-refractivity contribution is 6.01. The zero-order valence-electron chi connectivity index (χ0n) is 18.3. The molecule has 0 spiro atoms. The van der Waals surface area contributed by atoms with E-state index in [-0.39, 0.29) is 11.6 Å². The number of para-hydroxylation sites is 1. The fraction of sp³-hybridized carbons (Fsp3) is 0.148. The van der Waals surface area contributed by atoms with Crippen molar-refractivity contribution in [2.75, 3.05) is 0 Å². The van der Waals surface area contributed by atoms with Crippen LogP contribution in [-0.4, -0.2) is 10.3 Å². The lowest BCUT2D eigenvalue weighted by Crippen LogP contribution is -2.04. The summed E-state index contributed by atoms with van der Waals surface area (Å²) in [6.45, 7) is 6.16. The van der Waals surface area contributed by atoms with Crippen molar-refractivity contribution in [3.8, 4) is 16.9 Å². The molecule has 0 aliphatic rings. The quantitative estimate of drug-likeness (QED) is 0.239. The maximum atomic E-state index is 14.7. The van der Waals surface area contributed by atoms with Gasteiger partial charge in [-0.2, -0.15) is 0 Å². The lowest BCUT2D eigenvalue weighted by atomic mass is 10.1. The van der Waals surface area contributed by atoms with E-state index in [9.17, 15) is 8.78 Å². The van der Waals surface area contributed by atoms with Gasteiger partial charge in [-0.3, -0.25) is 0 Å². The van der Waals surface area contributed by atoms with Gasteiger partial charge in [-0.15, -0.1) is 0 Å². The molecule has 0 saturated carbocycles. The van der Waals surface area contributed by atoms with Gasteiger partial charge in [0.25, 0.3) is 0 Å². The second-order valence-electron chi connectivity index (χ2n) is 7.76. The Bertz CT molecular complexity index is 1260. The van der Waals surface area contributed by atoms with Crippen LogP contribution in [0.25, 0.3) is 16.9 Å². The first-order chi connectivity index (χ1) is 15.4. The largest absolute Gasteiger partial charge is 0.391 e. The molecule has 162 valence electrons. The molecule has 32 heavy (non-hydrogen) atoms. The molecule has 5 heteroatoms. The monoisotopic (exact) mass is 430 g/mol. The van der Waals surface area contributed by atoms with Crippen LogP contribution in [0, 0.1) is 25.5 Å². The Kier molecular flexibility index (Phi) is 6.17. The van der Waals surface area contributed by atoms with E-state index in [1.807, 2.05) is 55.7 Å². The van der Waals surface area contributed by atoms with Crippen LogP contribution >= 0.6 is 0 Å². The summed E-state index contributed by atoms with van der Waals surface area (Å²) in [6, 6.07) is 22.8. The molecule has 0 saturated heterocycles. The number of aryl methyl sites for hydroxylation is 1. The third kappa shape index (κ3) is 4.47. The molecule has 1 aromatic heterocycles. The highest BCUT2D eigenvalue weighted by atomic mass is 19.1. The second kappa shape index (κ2) is 9.18. The topological polar surface area (TPSA) is 26.5 Å². The molecule has 0 aliphatic heterocycles. The minimum Gasteiger partial charge on any atom is -0.391 e. The minimum absolute atomic E-state index is 0.322. The summed E-state index contributed by atoms with van der Waals surface area (Å²) in [6.07, 6.45) is 0. The van der Waals surface area contributed by atoms with Gasteiger partial charge in [0.2, 0.25) is 0 Å². The average Bonchev–Trinajstić information content (AvgIpc) is 3.13. The predicted molar refractivity (Wildman–Crippen MR) is 124 cm³/mol. The lowest BCUT2D eigenvalue weighted by molar-refractivity contribution is 0.130. The van der Waals surface area contributed by atoms with E-state index in [0.717, 1.165) is 28.1 Å². The van der Waals surface area contributed by atoms with Crippen LogP contribution in [0.2, 0.25) is 0 Å². The van der Waals surface area contributed by atoms with Crippen LogP contribution in [0.5, 0.6) is 0 Å². The number of aromatic nitrogens is 1. The molecular weight excluding hydrogens is 406 g/mol. The van der Waals surface area contributed by atoms with Gasteiger partial charge in [0.15, 0.2) is 0 Å². The third-order valence-electron chi connectivity index (χ3n) is 5.42. The second-order valence-corrected chi connectivity index (χ2v) is 7.76. The van der Waals surface area contributed by atoms with E-state index in [0.29, 0.717) is 18.0 Å². The van der Waals surface area contributed by atoms with Crippen LogP contribution in [0.4, 0.5) is 8.78 Å². The summed E-state index contributed by atoms with van der Waals surface area (Å²) >= 11 is 0. The number of rotatable bonds is 6. The van der Waals surface area contributed by atoms with Crippen LogP contribution < -0.4 is 0 Å². The maximum absolute atomic E-state index is 14.7. The van der Waals surface area contributed by atoms with Gasteiger partial charge in [-0.05, 0) is 74.4 Å². The van der Waals surface area contributed by atoms with E-state index in [1.54, 1.807) is 30.3 Å². The molecule has 0 aliphatic carbocycles. The van der Waals surface area contributed by atoms with Crippen LogP contribution in [-0.2, 0) is 11.4 Å². The normalized spacial score (nSPS) is 11.6. The Hall–Kier alpha value is -3.73. The van der Waals surface area contributed by atoms with Gasteiger partial charge < -0.3 is 9.40 Å². The van der Waals surface area contributed by atoms with E-state index in [2.05, 4.69) is 5.16 Å². The lowest BCUT2D eigenvalue weighted by Gasteiger charge is -2.13. The number of halogens is 2. The van der Waals surface area contributed by atoms with Crippen LogP contribution in [0.3, 0.4) is 0 Å². The van der Waals surface area contributed by atoms with Crippen molar-refractivity contribution >= 4 is 5.71 Å². The van der Waals surface area contributed by atoms with E-state index in [1.165, 1.54) is 23.8 Å². The van der Waals surface area contributed by atoms with Crippen molar-refractivity contribution in [1.29, 1.82) is 0 Å². The Labute approximate surface area is 186 Å². The summed E-state index contributed by atoms with van der Waals surface area (Å²) < 4.78 is 30.0. The molecule has 0 fully saturated rings. The average molecular weight is 430 g/mol. The van der Waals surface area contributed by atoms with Gasteiger partial charge in [-0.25, -0.2) is 8.78 Å². The first-order valence-corrected chi connectivity index (χ1v) is 10.4. The molecule has 0 atom stereocenters. The first-order valence-electron chi connectivity index (χ1n) is 10.4. The summed E-state index contributed by atoms with van der Waals surface area (Å²) in [5.74, 6) is -0.664. The fourth-order valence-corrected chi connectivity index (χ4v) is 3.69. The number of benzene rings is 3. The van der Waals surface area contributed by atoms with E-state index < -0.39 is 0 Å². The molecule has 4 aromatic rings. The smallest absolute Gasteiger partial charge is 0.147 e. The van der Waals surface area contributed by atoms with E-state index >= 15 is 0 Å². The van der Waals surface area contributed by atoms with Gasteiger partial charge in [-0.1, -0.05) is 47.1 Å². The number of nitrogens with zero attached hydrogens (tertiary/aromatic N) is 2. The molecule has 0 amide bonds. The summed E-state index contributed by atoms with van der Waals surface area (Å²) in [7, 11) is 0. The molecule has 0 bridgehead atoms. The van der Waals surface area contributed by atoms with Gasteiger partial charge in [0, 0.05) is 11.3 Å². The Morgan fingerprint density at radius 1 is 0.906 bits per heavy atom. The Morgan fingerprint density at radius 3 is 2.28 bits per heavy atom. The molecule has 4 rings (SSSR count). The first kappa shape index (κ1) is 21.5. The van der Waals surface area contributed by atoms with Crippen molar-refractivity contribution in [1.82, 2.24) is 4.57 Å². The SMILES string of the molecule is C/C(=N\OCc1ccc(C)cc1)c1cc(-c2ccc(F)cc2)n(-c2ccccc2F)c1C. The highest BCUT2D eigenvalue weighted by Gasteiger charge is 2.19. The summed E-state index contributed by atoms with van der Waals surface area (Å²) in [5.41, 5.74) is 6.47. The molecule has 3 nitrogen and oxygen atoms in total. The van der Waals surface area contributed by atoms with E-state index in [4.69, 9.17) is 4.84 Å². The van der Waals surface area contributed by atoms with Crippen molar-refractivity contribution < 1.29 is 13.6 Å². The molecular formula is C27H24F2N2O. The minimum atomic E-state index is -0.341. The van der Waals surface area contributed by atoms with Crippen molar-refractivity contribution in [2.24, 2.45) is 5.16 Å². The van der Waals surface area contributed by atoms with Crippen molar-refractivity contribution in [3.63, 3.8) is 0 Å². The maximum Gasteiger partial charge on any atom is 0.147 e. The highest BCUT2D eigenvalue weighted by Crippen LogP contribution is 2.31. The standard InChI is InChI=1S/C27H24F2N2O/c1-18-8-10-21(11-9-18)17-32-30-19(2)24-16-27(22-12-14-23(28)15-13-22)31(20(24)3)26-7-5-4-6-25(26)29/h4-16H,17H2,1-3H3/b30-19+. The molecule has 1 heterocycles. The Balaban J connectivity index is 1.72. The summed E-state index contributed by atoms with van der Waals surface area (Å²) in [4.78, 5) is 5.59. The van der Waals surface area contributed by atoms with Crippen LogP contribution in [0.15, 0.2) is 84.0 Å². The van der Waals surface area contributed by atoms with Crippen molar-refractivity contribution in [3.05, 3.63) is 113 Å². The number of hydrogen-bond donors (Lipinski definition) is 0. The Morgan fingerprint density at radius 2 is 1.59 bits per heavy atom. The fourth-order valence-electron chi connectivity index (χ4n) is 3.69. The number of hydrogen-bond acceptors (Lipinski definition) is 2.